The molecule has 1 atom stereocenters. The summed E-state index contributed by atoms with van der Waals surface area (Å²) in [6, 6.07) is 12.3. The Kier molecular flexibility index (Phi) is 4.11. The van der Waals surface area contributed by atoms with Gasteiger partial charge >= 0.3 is 0 Å². The Hall–Kier alpha value is -2.34. The first-order valence-corrected chi connectivity index (χ1v) is 7.40. The van der Waals surface area contributed by atoms with Crippen molar-refractivity contribution in [3.63, 3.8) is 0 Å². The van der Waals surface area contributed by atoms with Crippen LogP contribution in [0.2, 0.25) is 0 Å². The number of benzene rings is 1. The Morgan fingerprint density at radius 2 is 1.95 bits per heavy atom. The molecule has 0 N–H and O–H groups in total. The van der Waals surface area contributed by atoms with Crippen molar-refractivity contribution in [1.82, 2.24) is 30.1 Å². The first-order chi connectivity index (χ1) is 10.6. The van der Waals surface area contributed by atoms with Crippen LogP contribution in [0.15, 0.2) is 36.4 Å². The van der Waals surface area contributed by atoms with Gasteiger partial charge in [-0.1, -0.05) is 24.3 Å². The zero-order chi connectivity index (χ0) is 15.5. The number of fused-ring (bicyclic) bond motifs is 1. The Balaban J connectivity index is 1.98. The van der Waals surface area contributed by atoms with E-state index in [1.165, 1.54) is 0 Å². The van der Waals surface area contributed by atoms with Gasteiger partial charge < -0.3 is 4.90 Å². The summed E-state index contributed by atoms with van der Waals surface area (Å²) in [5.74, 6) is 0.677. The minimum absolute atomic E-state index is 0.00629. The van der Waals surface area contributed by atoms with Crippen molar-refractivity contribution in [2.45, 2.75) is 19.4 Å². The van der Waals surface area contributed by atoms with Crippen LogP contribution in [0.1, 0.15) is 24.0 Å². The van der Waals surface area contributed by atoms with Gasteiger partial charge in [0.25, 0.3) is 0 Å². The number of hydrogen-bond donors (Lipinski definition) is 0. The van der Waals surface area contributed by atoms with Crippen molar-refractivity contribution >= 4 is 10.9 Å². The molecule has 0 aliphatic heterocycles. The Morgan fingerprint density at radius 3 is 2.68 bits per heavy atom. The van der Waals surface area contributed by atoms with E-state index in [1.54, 1.807) is 4.80 Å². The van der Waals surface area contributed by atoms with Crippen molar-refractivity contribution in [2.24, 2.45) is 0 Å². The van der Waals surface area contributed by atoms with Crippen LogP contribution in [-0.2, 0) is 0 Å². The van der Waals surface area contributed by atoms with E-state index in [1.807, 2.05) is 25.1 Å². The number of para-hydroxylation sites is 1. The van der Waals surface area contributed by atoms with Gasteiger partial charge in [-0.25, -0.2) is 0 Å². The minimum atomic E-state index is -0.00629. The van der Waals surface area contributed by atoms with Crippen LogP contribution in [0.25, 0.3) is 10.9 Å². The molecule has 0 radical (unpaired) electrons. The van der Waals surface area contributed by atoms with Gasteiger partial charge in [0.1, 0.15) is 6.04 Å². The predicted octanol–water partition coefficient (Wildman–Crippen LogP) is 2.07. The second-order valence-electron chi connectivity index (χ2n) is 5.69. The average molecular weight is 296 g/mol. The fourth-order valence-electron chi connectivity index (χ4n) is 2.46. The largest absolute Gasteiger partial charge is 0.309 e. The zero-order valence-electron chi connectivity index (χ0n) is 13.1. The van der Waals surface area contributed by atoms with Crippen molar-refractivity contribution in [3.05, 3.63) is 47.9 Å². The lowest BCUT2D eigenvalue weighted by molar-refractivity contribution is 0.336. The van der Waals surface area contributed by atoms with Crippen LogP contribution in [-0.4, -0.2) is 50.7 Å². The Bertz CT molecular complexity index is 764. The summed E-state index contributed by atoms with van der Waals surface area (Å²) < 4.78 is 0. The summed E-state index contributed by atoms with van der Waals surface area (Å²) in [6.45, 7) is 2.78. The van der Waals surface area contributed by atoms with Gasteiger partial charge in [0.15, 0.2) is 5.82 Å². The molecule has 0 bridgehead atoms. The second-order valence-corrected chi connectivity index (χ2v) is 5.69. The van der Waals surface area contributed by atoms with E-state index in [0.717, 1.165) is 29.6 Å². The van der Waals surface area contributed by atoms with Crippen LogP contribution < -0.4 is 0 Å². The highest BCUT2D eigenvalue weighted by atomic mass is 15.6. The van der Waals surface area contributed by atoms with Crippen LogP contribution >= 0.6 is 0 Å². The number of rotatable bonds is 5. The monoisotopic (exact) mass is 296 g/mol. The molecule has 0 aliphatic rings. The second kappa shape index (κ2) is 6.19. The lowest BCUT2D eigenvalue weighted by Gasteiger charge is -2.18. The fourth-order valence-corrected chi connectivity index (χ4v) is 2.46. The third kappa shape index (κ3) is 3.12. The van der Waals surface area contributed by atoms with E-state index in [0.29, 0.717) is 5.82 Å². The summed E-state index contributed by atoms with van der Waals surface area (Å²) in [5.41, 5.74) is 1.96. The van der Waals surface area contributed by atoms with E-state index in [4.69, 9.17) is 4.98 Å². The third-order valence-corrected chi connectivity index (χ3v) is 3.62. The van der Waals surface area contributed by atoms with E-state index in [9.17, 15) is 0 Å². The quantitative estimate of drug-likeness (QED) is 0.721. The minimum Gasteiger partial charge on any atom is -0.309 e. The van der Waals surface area contributed by atoms with E-state index in [2.05, 4.69) is 52.6 Å². The first-order valence-electron chi connectivity index (χ1n) is 7.40. The molecule has 6 heteroatoms. The number of nitrogens with zero attached hydrogens (tertiary/aromatic N) is 6. The van der Waals surface area contributed by atoms with Gasteiger partial charge in [-0.15, -0.1) is 10.2 Å². The van der Waals surface area contributed by atoms with Gasteiger partial charge in [-0.3, -0.25) is 4.98 Å². The number of aryl methyl sites for hydroxylation is 1. The molecule has 0 amide bonds. The molecule has 114 valence electrons. The normalized spacial score (nSPS) is 12.9. The maximum Gasteiger partial charge on any atom is 0.171 e. The molecule has 1 aromatic carbocycles. The van der Waals surface area contributed by atoms with Crippen molar-refractivity contribution < 1.29 is 0 Å². The van der Waals surface area contributed by atoms with Gasteiger partial charge in [0.2, 0.25) is 0 Å². The highest BCUT2D eigenvalue weighted by molar-refractivity contribution is 5.78. The Labute approximate surface area is 129 Å². The molecule has 3 rings (SSSR count). The van der Waals surface area contributed by atoms with Crippen molar-refractivity contribution in [2.75, 3.05) is 20.6 Å². The van der Waals surface area contributed by atoms with Crippen molar-refractivity contribution in [1.29, 1.82) is 0 Å². The summed E-state index contributed by atoms with van der Waals surface area (Å²) in [7, 11) is 4.12. The van der Waals surface area contributed by atoms with Gasteiger partial charge in [-0.2, -0.15) is 4.80 Å². The number of hydrogen-bond acceptors (Lipinski definition) is 5. The SMILES string of the molecule is Cc1nnn(C(CCN(C)C)c2ccc3ccccc3n2)n1. The molecule has 0 aliphatic carbocycles. The van der Waals surface area contributed by atoms with Crippen LogP contribution in [0.3, 0.4) is 0 Å². The predicted molar refractivity (Wildman–Crippen MR) is 85.6 cm³/mol. The van der Waals surface area contributed by atoms with Crippen LogP contribution in [0.5, 0.6) is 0 Å². The molecule has 0 saturated carbocycles. The van der Waals surface area contributed by atoms with Crippen LogP contribution in [0, 0.1) is 6.92 Å². The van der Waals surface area contributed by atoms with Crippen LogP contribution in [0.4, 0.5) is 0 Å². The molecule has 2 aromatic heterocycles. The molecular formula is C16H20N6. The maximum absolute atomic E-state index is 4.79. The summed E-state index contributed by atoms with van der Waals surface area (Å²) >= 11 is 0. The third-order valence-electron chi connectivity index (χ3n) is 3.62. The Morgan fingerprint density at radius 1 is 1.14 bits per heavy atom. The first kappa shape index (κ1) is 14.6. The summed E-state index contributed by atoms with van der Waals surface area (Å²) in [6.07, 6.45) is 0.883. The fraction of sp³-hybridized carbons (Fsp3) is 0.375. The molecular weight excluding hydrogens is 276 g/mol. The van der Waals surface area contributed by atoms with Crippen molar-refractivity contribution in [3.8, 4) is 0 Å². The lowest BCUT2D eigenvalue weighted by Crippen LogP contribution is -2.22. The van der Waals surface area contributed by atoms with Gasteiger partial charge in [0.05, 0.1) is 11.2 Å². The van der Waals surface area contributed by atoms with Gasteiger partial charge in [0, 0.05) is 11.9 Å². The topological polar surface area (TPSA) is 59.7 Å². The molecule has 3 aromatic rings. The highest BCUT2D eigenvalue weighted by Crippen LogP contribution is 2.21. The average Bonchev–Trinajstić information content (AvgIpc) is 2.93. The molecule has 0 spiro atoms. The standard InChI is InChI=1S/C16H20N6/c1-12-18-20-22(19-12)16(10-11-21(2)3)15-9-8-13-6-4-5-7-14(13)17-15/h4-9,16H,10-11H2,1-3H3. The lowest BCUT2D eigenvalue weighted by atomic mass is 10.1. The zero-order valence-corrected chi connectivity index (χ0v) is 13.1. The van der Waals surface area contributed by atoms with Gasteiger partial charge in [-0.05, 0) is 44.8 Å². The van der Waals surface area contributed by atoms with E-state index < -0.39 is 0 Å². The highest BCUT2D eigenvalue weighted by Gasteiger charge is 2.18. The number of tetrazole rings is 1. The van der Waals surface area contributed by atoms with E-state index >= 15 is 0 Å². The molecule has 2 heterocycles. The molecule has 6 nitrogen and oxygen atoms in total. The smallest absolute Gasteiger partial charge is 0.171 e. The maximum atomic E-state index is 4.79. The molecule has 22 heavy (non-hydrogen) atoms. The molecule has 1 unspecified atom stereocenters. The van der Waals surface area contributed by atoms with E-state index in [-0.39, 0.29) is 6.04 Å². The summed E-state index contributed by atoms with van der Waals surface area (Å²) in [5, 5.41) is 13.7. The summed E-state index contributed by atoms with van der Waals surface area (Å²) in [4.78, 5) is 8.62. The molecule has 0 fully saturated rings. The number of aromatic nitrogens is 5. The number of pyridine rings is 1. The molecule has 0 saturated heterocycles.